The maximum Gasteiger partial charge on any atom is 0.318 e. The van der Waals surface area contributed by atoms with Crippen LogP contribution in [0.25, 0.3) is 0 Å². The van der Waals surface area contributed by atoms with Crippen molar-refractivity contribution >= 4 is 29.3 Å². The second-order valence-electron chi connectivity index (χ2n) is 9.38. The lowest BCUT2D eigenvalue weighted by molar-refractivity contribution is 0.132. The van der Waals surface area contributed by atoms with E-state index >= 15 is 0 Å². The normalized spacial score (nSPS) is 25.0. The summed E-state index contributed by atoms with van der Waals surface area (Å²) >= 11 is 5.78. The van der Waals surface area contributed by atoms with Gasteiger partial charge in [-0.3, -0.25) is 10.00 Å². The molecule has 2 amide bonds. The molecule has 2 aliphatic heterocycles. The van der Waals surface area contributed by atoms with Crippen LogP contribution in [0.2, 0.25) is 5.28 Å². The molecule has 168 valence electrons. The molecule has 2 atom stereocenters. The van der Waals surface area contributed by atoms with Gasteiger partial charge < -0.3 is 15.5 Å². The molecule has 2 aliphatic rings. The molecular formula is C20H28ClFN8O. The van der Waals surface area contributed by atoms with Gasteiger partial charge in [-0.25, -0.2) is 14.2 Å². The van der Waals surface area contributed by atoms with Crippen LogP contribution in [0.4, 0.5) is 20.8 Å². The van der Waals surface area contributed by atoms with Crippen LogP contribution in [0.1, 0.15) is 45.4 Å². The molecule has 0 saturated carbocycles. The first kappa shape index (κ1) is 21.8. The Morgan fingerprint density at radius 1 is 1.39 bits per heavy atom. The van der Waals surface area contributed by atoms with Crippen molar-refractivity contribution in [1.29, 1.82) is 0 Å². The Bertz CT molecular complexity index is 1010. The van der Waals surface area contributed by atoms with Gasteiger partial charge in [-0.2, -0.15) is 10.1 Å². The number of aromatic amines is 1. The molecule has 4 heterocycles. The Kier molecular flexibility index (Phi) is 5.33. The molecule has 1 saturated heterocycles. The number of fused-ring (bicyclic) bond motifs is 1. The number of urea groups is 1. The van der Waals surface area contributed by atoms with E-state index in [2.05, 4.69) is 56.6 Å². The van der Waals surface area contributed by atoms with Gasteiger partial charge in [0.25, 0.3) is 0 Å². The number of halogens is 2. The predicted molar refractivity (Wildman–Crippen MR) is 116 cm³/mol. The highest BCUT2D eigenvalue weighted by atomic mass is 35.5. The molecule has 0 radical (unpaired) electrons. The van der Waals surface area contributed by atoms with Gasteiger partial charge in [-0.15, -0.1) is 0 Å². The van der Waals surface area contributed by atoms with E-state index in [9.17, 15) is 9.18 Å². The van der Waals surface area contributed by atoms with E-state index in [1.807, 2.05) is 13.8 Å². The van der Waals surface area contributed by atoms with Crippen molar-refractivity contribution in [2.75, 3.05) is 25.5 Å². The first-order valence-electron chi connectivity index (χ1n) is 10.3. The first-order valence-corrected chi connectivity index (χ1v) is 10.7. The number of likely N-dealkylation sites (N-methyl/N-ethyl adjacent to an activating group) is 1. The molecule has 31 heavy (non-hydrogen) atoms. The molecular weight excluding hydrogens is 423 g/mol. The van der Waals surface area contributed by atoms with Gasteiger partial charge in [0.2, 0.25) is 5.28 Å². The molecule has 0 bridgehead atoms. The van der Waals surface area contributed by atoms with Gasteiger partial charge in [0, 0.05) is 24.2 Å². The van der Waals surface area contributed by atoms with Gasteiger partial charge >= 0.3 is 6.03 Å². The van der Waals surface area contributed by atoms with Crippen LogP contribution in [-0.2, 0) is 12.1 Å². The Labute approximate surface area is 185 Å². The van der Waals surface area contributed by atoms with Crippen LogP contribution in [0.15, 0.2) is 6.20 Å². The molecule has 9 nitrogen and oxygen atoms in total. The number of hydrogen-bond donors (Lipinski definition) is 3. The molecule has 2 aromatic rings. The third kappa shape index (κ3) is 3.82. The molecule has 2 aromatic heterocycles. The number of nitrogens with one attached hydrogen (secondary N) is 3. The van der Waals surface area contributed by atoms with Crippen molar-refractivity contribution in [2.24, 2.45) is 5.92 Å². The van der Waals surface area contributed by atoms with E-state index in [-0.39, 0.29) is 22.7 Å². The highest BCUT2D eigenvalue weighted by Gasteiger charge is 2.45. The molecule has 4 rings (SSSR count). The molecule has 11 heteroatoms. The summed E-state index contributed by atoms with van der Waals surface area (Å²) in [5.74, 6) is 0.297. The lowest BCUT2D eigenvalue weighted by Crippen LogP contribution is -2.53. The fourth-order valence-electron chi connectivity index (χ4n) is 4.72. The average Bonchev–Trinajstić information content (AvgIpc) is 3.29. The summed E-state index contributed by atoms with van der Waals surface area (Å²) in [7, 11) is 2.10. The standard InChI is InChI=1S/C20H28ClFN8O/c1-11-6-20(4,29(5)8-11)10-24-18(31)30-9-12-14(19(30,2)3)27-28-15(12)25-16-13(22)7-23-17(21)26-16/h7,11H,6,8-10H2,1-5H3,(H,24,31)(H2,23,25,26,27,28)/t11-,20?/m1/s1. The van der Waals surface area contributed by atoms with Crippen LogP contribution in [-0.4, -0.2) is 61.7 Å². The van der Waals surface area contributed by atoms with Gasteiger partial charge in [-0.1, -0.05) is 6.92 Å². The SMILES string of the molecule is C[C@H]1CN(C)C(C)(CNC(=O)N2Cc3c(Nc4nc(Cl)ncc4F)n[nH]c3C2(C)C)C1. The van der Waals surface area contributed by atoms with Crippen LogP contribution in [0, 0.1) is 11.7 Å². The minimum absolute atomic E-state index is 0.0642. The van der Waals surface area contributed by atoms with Crippen molar-refractivity contribution < 1.29 is 9.18 Å². The van der Waals surface area contributed by atoms with E-state index in [1.165, 1.54) is 0 Å². The Morgan fingerprint density at radius 2 is 2.13 bits per heavy atom. The minimum atomic E-state index is -0.642. The number of anilines is 2. The zero-order chi connectivity index (χ0) is 22.6. The minimum Gasteiger partial charge on any atom is -0.336 e. The number of aromatic nitrogens is 4. The number of nitrogens with zero attached hydrogens (tertiary/aromatic N) is 5. The van der Waals surface area contributed by atoms with Crippen LogP contribution in [0.3, 0.4) is 0 Å². The van der Waals surface area contributed by atoms with Crippen molar-refractivity contribution in [3.63, 3.8) is 0 Å². The van der Waals surface area contributed by atoms with Gasteiger partial charge in [0.15, 0.2) is 17.5 Å². The number of rotatable bonds is 4. The molecule has 3 N–H and O–H groups in total. The predicted octanol–water partition coefficient (Wildman–Crippen LogP) is 3.23. The zero-order valence-corrected chi connectivity index (χ0v) is 19.1. The monoisotopic (exact) mass is 450 g/mol. The van der Waals surface area contributed by atoms with Crippen LogP contribution >= 0.6 is 11.6 Å². The second-order valence-corrected chi connectivity index (χ2v) is 9.72. The highest BCUT2D eigenvalue weighted by Crippen LogP contribution is 2.41. The van der Waals surface area contributed by atoms with Crippen LogP contribution < -0.4 is 10.6 Å². The quantitative estimate of drug-likeness (QED) is 0.618. The van der Waals surface area contributed by atoms with Crippen molar-refractivity contribution in [2.45, 2.75) is 51.7 Å². The fourth-order valence-corrected chi connectivity index (χ4v) is 4.85. The molecule has 0 aromatic carbocycles. The second kappa shape index (κ2) is 7.59. The summed E-state index contributed by atoms with van der Waals surface area (Å²) < 4.78 is 14.1. The van der Waals surface area contributed by atoms with Gasteiger partial charge in [0.05, 0.1) is 24.0 Å². The maximum atomic E-state index is 14.1. The number of carbonyl (C=O) groups excluding carboxylic acids is 1. The van der Waals surface area contributed by atoms with Crippen LogP contribution in [0.5, 0.6) is 0 Å². The first-order chi connectivity index (χ1) is 14.5. The maximum absolute atomic E-state index is 14.1. The molecule has 1 unspecified atom stereocenters. The van der Waals surface area contributed by atoms with E-state index in [0.29, 0.717) is 24.8 Å². The topological polar surface area (TPSA) is 102 Å². The number of hydrogen-bond acceptors (Lipinski definition) is 6. The summed E-state index contributed by atoms with van der Waals surface area (Å²) in [6.07, 6.45) is 2.03. The van der Waals surface area contributed by atoms with E-state index < -0.39 is 11.4 Å². The summed E-state index contributed by atoms with van der Waals surface area (Å²) in [6.45, 7) is 10.2. The van der Waals surface area contributed by atoms with Crippen molar-refractivity contribution in [3.05, 3.63) is 28.6 Å². The lowest BCUT2D eigenvalue weighted by atomic mass is 9.95. The Morgan fingerprint density at radius 3 is 2.81 bits per heavy atom. The average molecular weight is 451 g/mol. The molecule has 0 spiro atoms. The summed E-state index contributed by atoms with van der Waals surface area (Å²) in [5.41, 5.74) is 0.908. The molecule has 0 aliphatic carbocycles. The smallest absolute Gasteiger partial charge is 0.318 e. The lowest BCUT2D eigenvalue weighted by Gasteiger charge is -2.36. The Balaban J connectivity index is 1.49. The van der Waals surface area contributed by atoms with E-state index in [0.717, 1.165) is 30.4 Å². The number of amides is 2. The third-order valence-electron chi connectivity index (χ3n) is 6.58. The van der Waals surface area contributed by atoms with Gasteiger partial charge in [0.1, 0.15) is 0 Å². The number of carbonyl (C=O) groups is 1. The van der Waals surface area contributed by atoms with Gasteiger partial charge in [-0.05, 0) is 51.8 Å². The Hall–Kier alpha value is -2.46. The molecule has 1 fully saturated rings. The summed E-state index contributed by atoms with van der Waals surface area (Å²) in [4.78, 5) is 24.7. The number of likely N-dealkylation sites (tertiary alicyclic amines) is 1. The van der Waals surface area contributed by atoms with Crippen molar-refractivity contribution in [1.82, 2.24) is 35.3 Å². The van der Waals surface area contributed by atoms with Crippen molar-refractivity contribution in [3.8, 4) is 0 Å². The highest BCUT2D eigenvalue weighted by molar-refractivity contribution is 6.28. The largest absolute Gasteiger partial charge is 0.336 e. The van der Waals surface area contributed by atoms with E-state index in [4.69, 9.17) is 11.6 Å². The van der Waals surface area contributed by atoms with E-state index in [1.54, 1.807) is 4.90 Å². The third-order valence-corrected chi connectivity index (χ3v) is 6.76. The fraction of sp³-hybridized carbons (Fsp3) is 0.600. The zero-order valence-electron chi connectivity index (χ0n) is 18.4. The summed E-state index contributed by atoms with van der Waals surface area (Å²) in [6, 6.07) is -0.147. The summed E-state index contributed by atoms with van der Waals surface area (Å²) in [5, 5.41) is 13.2. The number of H-pyrrole nitrogens is 1.